The predicted molar refractivity (Wildman–Crippen MR) is 87.2 cm³/mol. The molecule has 1 aliphatic rings. The predicted octanol–water partition coefficient (Wildman–Crippen LogP) is 2.30. The first-order chi connectivity index (χ1) is 10.8. The van der Waals surface area contributed by atoms with E-state index in [2.05, 4.69) is 41.1 Å². The molecule has 0 fully saturated rings. The van der Waals surface area contributed by atoms with Gasteiger partial charge in [-0.25, -0.2) is 4.58 Å². The number of halogens is 1. The molecule has 2 aromatic rings. The van der Waals surface area contributed by atoms with Crippen molar-refractivity contribution in [2.24, 2.45) is 0 Å². The van der Waals surface area contributed by atoms with Gasteiger partial charge in [-0.1, -0.05) is 48.0 Å². The van der Waals surface area contributed by atoms with Gasteiger partial charge in [0.1, 0.15) is 6.54 Å². The van der Waals surface area contributed by atoms with Gasteiger partial charge in [0.2, 0.25) is 0 Å². The van der Waals surface area contributed by atoms with Gasteiger partial charge in [0.25, 0.3) is 0 Å². The van der Waals surface area contributed by atoms with Crippen LogP contribution in [0.3, 0.4) is 0 Å². The number of hydrogen-bond donors (Lipinski definition) is 0. The Labute approximate surface area is 141 Å². The first-order valence-corrected chi connectivity index (χ1v) is 8.61. The maximum Gasteiger partial charge on any atom is 1.00 e. The molecule has 0 saturated heterocycles. The lowest BCUT2D eigenvalue weighted by Crippen LogP contribution is -2.22. The summed E-state index contributed by atoms with van der Waals surface area (Å²) in [5.74, 6) is 0. The SMILES string of the molecule is Clc1ccccc1C[N+]1=Cc2ccccc2CC1.O=S(=O)([O-])[O-].[H+]. The van der Waals surface area contributed by atoms with Gasteiger partial charge in [-0.3, -0.25) is 8.42 Å². The normalized spacial score (nSPS) is 13.4. The van der Waals surface area contributed by atoms with Gasteiger partial charge >= 0.3 is 1.43 Å². The molecular weight excluding hydrogens is 338 g/mol. The lowest BCUT2D eigenvalue weighted by molar-refractivity contribution is -0.540. The Bertz CT molecular complexity index is 816. The number of rotatable bonds is 2. The van der Waals surface area contributed by atoms with Gasteiger partial charge in [-0.2, -0.15) is 0 Å². The van der Waals surface area contributed by atoms with Gasteiger partial charge in [0.05, 0.1) is 5.02 Å². The third-order valence-corrected chi connectivity index (χ3v) is 3.75. The molecule has 2 aromatic carbocycles. The highest BCUT2D eigenvalue weighted by atomic mass is 35.5. The van der Waals surface area contributed by atoms with Crippen LogP contribution in [0.4, 0.5) is 0 Å². The minimum absolute atomic E-state index is 0. The molecule has 1 aliphatic heterocycles. The molecule has 3 rings (SSSR count). The van der Waals surface area contributed by atoms with Crippen LogP contribution in [0.25, 0.3) is 0 Å². The van der Waals surface area contributed by atoms with Gasteiger partial charge in [0, 0.05) is 27.9 Å². The van der Waals surface area contributed by atoms with Crippen LogP contribution < -0.4 is 0 Å². The fourth-order valence-corrected chi connectivity index (χ4v) is 2.58. The van der Waals surface area contributed by atoms with Crippen molar-refractivity contribution in [3.63, 3.8) is 0 Å². The van der Waals surface area contributed by atoms with E-state index in [9.17, 15) is 0 Å². The molecular formula is C16H16ClNO4S. The summed E-state index contributed by atoms with van der Waals surface area (Å²) in [6.07, 6.45) is 3.35. The Morgan fingerprint density at radius 1 is 1.09 bits per heavy atom. The fourth-order valence-electron chi connectivity index (χ4n) is 2.38. The van der Waals surface area contributed by atoms with E-state index in [0.717, 1.165) is 24.5 Å². The lowest BCUT2D eigenvalue weighted by atomic mass is 10.0. The summed E-state index contributed by atoms with van der Waals surface area (Å²) < 4.78 is 36.4. The molecule has 0 spiro atoms. The van der Waals surface area contributed by atoms with Crippen LogP contribution in [0.15, 0.2) is 48.5 Å². The van der Waals surface area contributed by atoms with Crippen molar-refractivity contribution >= 4 is 28.2 Å². The number of nitrogens with zero attached hydrogens (tertiary/aromatic N) is 1. The van der Waals surface area contributed by atoms with E-state index in [1.807, 2.05) is 18.2 Å². The molecule has 0 saturated carbocycles. The fraction of sp³-hybridized carbons (Fsp3) is 0.188. The second-order valence-electron chi connectivity index (χ2n) is 5.05. The standard InChI is InChI=1S/C16H15ClN.H2O4S/c17-16-8-4-3-7-15(16)12-18-10-9-13-5-1-2-6-14(13)11-18;1-5(2,3)4/h1-8,11H,9-10,12H2;(H2,1,2,3,4)/q+1;/p-1. The summed E-state index contributed by atoms with van der Waals surface area (Å²) in [5.41, 5.74) is 3.96. The van der Waals surface area contributed by atoms with Crippen LogP contribution in [-0.2, 0) is 23.4 Å². The first kappa shape index (κ1) is 17.6. The van der Waals surface area contributed by atoms with Gasteiger partial charge in [0.15, 0.2) is 12.8 Å². The highest BCUT2D eigenvalue weighted by Gasteiger charge is 2.16. The molecule has 0 radical (unpaired) electrons. The van der Waals surface area contributed by atoms with Crippen molar-refractivity contribution in [3.8, 4) is 0 Å². The second-order valence-corrected chi connectivity index (χ2v) is 6.27. The third kappa shape index (κ3) is 6.11. The minimum Gasteiger partial charge on any atom is -0.759 e. The summed E-state index contributed by atoms with van der Waals surface area (Å²) in [7, 11) is -5.17. The molecule has 23 heavy (non-hydrogen) atoms. The third-order valence-electron chi connectivity index (χ3n) is 3.38. The van der Waals surface area contributed by atoms with Crippen LogP contribution >= 0.6 is 11.6 Å². The summed E-state index contributed by atoms with van der Waals surface area (Å²) in [5, 5.41) is 0.852. The highest BCUT2D eigenvalue weighted by Crippen LogP contribution is 2.17. The largest absolute Gasteiger partial charge is 1.00 e. The van der Waals surface area contributed by atoms with E-state index < -0.39 is 10.4 Å². The Balaban J connectivity index is 0.000000425. The Morgan fingerprint density at radius 2 is 1.70 bits per heavy atom. The van der Waals surface area contributed by atoms with Crippen molar-refractivity contribution in [3.05, 3.63) is 70.2 Å². The van der Waals surface area contributed by atoms with E-state index in [0.29, 0.717) is 0 Å². The van der Waals surface area contributed by atoms with Crippen LogP contribution in [-0.4, -0.2) is 34.9 Å². The van der Waals surface area contributed by atoms with Gasteiger partial charge < -0.3 is 9.11 Å². The summed E-state index contributed by atoms with van der Waals surface area (Å²) in [6.45, 7) is 1.94. The van der Waals surface area contributed by atoms with Crippen LogP contribution in [0.1, 0.15) is 18.1 Å². The molecule has 0 aliphatic carbocycles. The summed E-state index contributed by atoms with van der Waals surface area (Å²) in [6, 6.07) is 16.6. The van der Waals surface area contributed by atoms with E-state index >= 15 is 0 Å². The monoisotopic (exact) mass is 353 g/mol. The summed E-state index contributed by atoms with van der Waals surface area (Å²) >= 11 is 6.20. The molecule has 1 heterocycles. The average molecular weight is 354 g/mol. The van der Waals surface area contributed by atoms with Crippen molar-refractivity contribution < 1.29 is 23.5 Å². The minimum atomic E-state index is -5.17. The number of hydrogen-bond acceptors (Lipinski definition) is 4. The number of benzene rings is 2. The van der Waals surface area contributed by atoms with E-state index in [1.165, 1.54) is 16.7 Å². The Hall–Kier alpha value is -1.73. The summed E-state index contributed by atoms with van der Waals surface area (Å²) in [4.78, 5) is 0. The average Bonchev–Trinajstić information content (AvgIpc) is 2.48. The van der Waals surface area contributed by atoms with Crippen LogP contribution in [0.2, 0.25) is 5.02 Å². The zero-order valence-corrected chi connectivity index (χ0v) is 13.8. The molecule has 5 nitrogen and oxygen atoms in total. The van der Waals surface area contributed by atoms with Crippen LogP contribution in [0, 0.1) is 0 Å². The second kappa shape index (κ2) is 7.70. The molecule has 7 heteroatoms. The van der Waals surface area contributed by atoms with E-state index in [4.69, 9.17) is 29.1 Å². The van der Waals surface area contributed by atoms with E-state index in [1.54, 1.807) is 0 Å². The molecule has 122 valence electrons. The van der Waals surface area contributed by atoms with Crippen LogP contribution in [0.5, 0.6) is 0 Å². The zero-order chi connectivity index (χ0) is 16.9. The molecule has 0 aromatic heterocycles. The van der Waals surface area contributed by atoms with Crippen molar-refractivity contribution in [1.29, 1.82) is 0 Å². The lowest BCUT2D eigenvalue weighted by Gasteiger charge is -2.12. The molecule has 0 bridgehead atoms. The quantitative estimate of drug-likeness (QED) is 0.471. The van der Waals surface area contributed by atoms with Crippen molar-refractivity contribution in [1.82, 2.24) is 0 Å². The number of fused-ring (bicyclic) bond motifs is 1. The van der Waals surface area contributed by atoms with Crippen molar-refractivity contribution in [2.75, 3.05) is 6.54 Å². The maximum atomic E-state index is 8.52. The smallest absolute Gasteiger partial charge is 0.759 e. The first-order valence-electron chi connectivity index (χ1n) is 6.90. The Kier molecular flexibility index (Phi) is 5.90. The maximum absolute atomic E-state index is 8.52. The Morgan fingerprint density at radius 3 is 2.39 bits per heavy atom. The molecule has 0 N–H and O–H groups in total. The van der Waals surface area contributed by atoms with E-state index in [-0.39, 0.29) is 1.43 Å². The highest BCUT2D eigenvalue weighted by molar-refractivity contribution is 7.79. The van der Waals surface area contributed by atoms with Gasteiger partial charge in [-0.15, -0.1) is 0 Å². The molecule has 0 atom stereocenters. The van der Waals surface area contributed by atoms with Gasteiger partial charge in [-0.05, 0) is 17.7 Å². The zero-order valence-electron chi connectivity index (χ0n) is 13.2. The van der Waals surface area contributed by atoms with Crippen molar-refractivity contribution in [2.45, 2.75) is 13.0 Å². The molecule has 0 unspecified atom stereocenters. The molecule has 0 amide bonds. The topological polar surface area (TPSA) is 83.3 Å².